The molecule has 0 aromatic heterocycles. The van der Waals surface area contributed by atoms with Crippen molar-refractivity contribution in [1.82, 2.24) is 5.32 Å². The van der Waals surface area contributed by atoms with Gasteiger partial charge in [0.05, 0.1) is 6.10 Å². The lowest BCUT2D eigenvalue weighted by Crippen LogP contribution is -2.29. The van der Waals surface area contributed by atoms with Gasteiger partial charge in [-0.05, 0) is 12.3 Å². The van der Waals surface area contributed by atoms with Gasteiger partial charge in [-0.2, -0.15) is 11.8 Å². The van der Waals surface area contributed by atoms with Gasteiger partial charge in [0.15, 0.2) is 0 Å². The van der Waals surface area contributed by atoms with Crippen LogP contribution in [0.4, 0.5) is 0 Å². The minimum absolute atomic E-state index is 0.146. The molecule has 1 aliphatic rings. The monoisotopic (exact) mass is 243 g/mol. The molecule has 1 unspecified atom stereocenters. The molecule has 1 aliphatic carbocycles. The van der Waals surface area contributed by atoms with Gasteiger partial charge >= 0.3 is 0 Å². The fourth-order valence-corrected chi connectivity index (χ4v) is 2.92. The fourth-order valence-electron chi connectivity index (χ4n) is 2.29. The second-order valence-electron chi connectivity index (χ2n) is 4.61. The van der Waals surface area contributed by atoms with Crippen molar-refractivity contribution >= 4 is 11.8 Å². The summed E-state index contributed by atoms with van der Waals surface area (Å²) in [5.41, 5.74) is 0. The normalized spacial score (nSPS) is 18.8. The van der Waals surface area contributed by atoms with Crippen LogP contribution in [0.25, 0.3) is 0 Å². The van der Waals surface area contributed by atoms with E-state index in [1.165, 1.54) is 25.7 Å². The number of hydrogen-bond donors (Lipinski definition) is 2. The number of hydrogen-bond acceptors (Lipinski definition) is 3. The molecular weight excluding hydrogens is 218 g/mol. The van der Waals surface area contributed by atoms with Crippen LogP contribution < -0.4 is 5.32 Å². The topological polar surface area (TPSA) is 32.3 Å². The zero-order valence-electron chi connectivity index (χ0n) is 10.2. The highest BCUT2D eigenvalue weighted by Crippen LogP contribution is 2.28. The second kappa shape index (κ2) is 9.08. The van der Waals surface area contributed by atoms with Crippen LogP contribution in [0.3, 0.4) is 0 Å². The first-order chi connectivity index (χ1) is 7.83. The summed E-state index contributed by atoms with van der Waals surface area (Å²) in [6.07, 6.45) is 8.16. The summed E-state index contributed by atoms with van der Waals surface area (Å²) in [5, 5.41) is 13.1. The predicted octanol–water partition coefficient (Wildman–Crippen LogP) is 2.44. The van der Waals surface area contributed by atoms with Crippen LogP contribution in [0.2, 0.25) is 0 Å². The van der Waals surface area contributed by atoms with Crippen LogP contribution in [0.15, 0.2) is 12.7 Å². The number of rotatable bonds is 9. The highest BCUT2D eigenvalue weighted by atomic mass is 32.2. The van der Waals surface area contributed by atoms with Crippen molar-refractivity contribution < 1.29 is 5.11 Å². The Hall–Kier alpha value is 0.01000. The van der Waals surface area contributed by atoms with Crippen LogP contribution in [0.1, 0.15) is 32.1 Å². The van der Waals surface area contributed by atoms with E-state index < -0.39 is 0 Å². The van der Waals surface area contributed by atoms with Gasteiger partial charge in [-0.1, -0.05) is 31.8 Å². The minimum Gasteiger partial charge on any atom is -0.392 e. The van der Waals surface area contributed by atoms with E-state index in [4.69, 9.17) is 0 Å². The van der Waals surface area contributed by atoms with E-state index >= 15 is 0 Å². The van der Waals surface area contributed by atoms with Crippen LogP contribution >= 0.6 is 11.8 Å². The lowest BCUT2D eigenvalue weighted by Gasteiger charge is -2.15. The Balaban J connectivity index is 1.89. The molecule has 1 atom stereocenters. The summed E-state index contributed by atoms with van der Waals surface area (Å²) in [5.74, 6) is 2.90. The molecule has 0 spiro atoms. The molecule has 1 rings (SSSR count). The molecule has 0 bridgehead atoms. The molecule has 3 heteroatoms. The maximum atomic E-state index is 9.83. The predicted molar refractivity (Wildman–Crippen MR) is 73.0 cm³/mol. The SMILES string of the molecule is C=CCSCCNCC(O)CC1CCCC1. The van der Waals surface area contributed by atoms with E-state index in [2.05, 4.69) is 11.9 Å². The largest absolute Gasteiger partial charge is 0.392 e. The van der Waals surface area contributed by atoms with Crippen molar-refractivity contribution in [3.63, 3.8) is 0 Å². The summed E-state index contributed by atoms with van der Waals surface area (Å²) < 4.78 is 0. The van der Waals surface area contributed by atoms with E-state index in [1.54, 1.807) is 0 Å². The quantitative estimate of drug-likeness (QED) is 0.482. The molecule has 0 amide bonds. The summed E-state index contributed by atoms with van der Waals surface area (Å²) in [7, 11) is 0. The first-order valence-electron chi connectivity index (χ1n) is 6.40. The molecule has 0 saturated heterocycles. The lowest BCUT2D eigenvalue weighted by atomic mass is 10.0. The molecule has 2 nitrogen and oxygen atoms in total. The third-order valence-electron chi connectivity index (χ3n) is 3.12. The van der Waals surface area contributed by atoms with Gasteiger partial charge in [0.25, 0.3) is 0 Å². The molecule has 0 aliphatic heterocycles. The Bertz CT molecular complexity index is 181. The number of aliphatic hydroxyl groups excluding tert-OH is 1. The third-order valence-corrected chi connectivity index (χ3v) is 4.08. The van der Waals surface area contributed by atoms with Crippen molar-refractivity contribution in [2.75, 3.05) is 24.6 Å². The zero-order valence-corrected chi connectivity index (χ0v) is 11.0. The maximum absolute atomic E-state index is 9.83. The fraction of sp³-hybridized carbons (Fsp3) is 0.846. The molecule has 0 heterocycles. The molecule has 1 saturated carbocycles. The first-order valence-corrected chi connectivity index (χ1v) is 7.56. The van der Waals surface area contributed by atoms with E-state index in [-0.39, 0.29) is 6.10 Å². The van der Waals surface area contributed by atoms with Gasteiger partial charge in [0, 0.05) is 24.6 Å². The Morgan fingerprint density at radius 2 is 2.19 bits per heavy atom. The Labute approximate surface area is 104 Å². The summed E-state index contributed by atoms with van der Waals surface area (Å²) >= 11 is 1.88. The molecule has 0 aromatic carbocycles. The van der Waals surface area contributed by atoms with Gasteiger partial charge in [-0.25, -0.2) is 0 Å². The summed E-state index contributed by atoms with van der Waals surface area (Å²) in [4.78, 5) is 0. The van der Waals surface area contributed by atoms with Gasteiger partial charge in [0.1, 0.15) is 0 Å². The van der Waals surface area contributed by atoms with Crippen molar-refractivity contribution in [3.8, 4) is 0 Å². The molecule has 2 N–H and O–H groups in total. The van der Waals surface area contributed by atoms with Crippen LogP contribution in [0, 0.1) is 5.92 Å². The third kappa shape index (κ3) is 6.56. The van der Waals surface area contributed by atoms with E-state index in [0.717, 1.165) is 36.9 Å². The Morgan fingerprint density at radius 1 is 1.44 bits per heavy atom. The van der Waals surface area contributed by atoms with Crippen molar-refractivity contribution in [1.29, 1.82) is 0 Å². The minimum atomic E-state index is -0.146. The average Bonchev–Trinajstić information content (AvgIpc) is 2.76. The smallest absolute Gasteiger partial charge is 0.0667 e. The highest BCUT2D eigenvalue weighted by Gasteiger charge is 2.18. The van der Waals surface area contributed by atoms with Crippen LogP contribution in [-0.4, -0.2) is 35.8 Å². The number of nitrogens with one attached hydrogen (secondary N) is 1. The first kappa shape index (κ1) is 14.1. The van der Waals surface area contributed by atoms with E-state index in [0.29, 0.717) is 0 Å². The van der Waals surface area contributed by atoms with Gasteiger partial charge in [-0.15, -0.1) is 6.58 Å². The maximum Gasteiger partial charge on any atom is 0.0667 e. The van der Waals surface area contributed by atoms with Crippen LogP contribution in [0.5, 0.6) is 0 Å². The molecule has 16 heavy (non-hydrogen) atoms. The van der Waals surface area contributed by atoms with Gasteiger partial charge < -0.3 is 10.4 Å². The Kier molecular flexibility index (Phi) is 7.99. The Morgan fingerprint density at radius 3 is 2.88 bits per heavy atom. The average molecular weight is 243 g/mol. The summed E-state index contributed by atoms with van der Waals surface area (Å²) in [6.45, 7) is 5.42. The number of aliphatic hydroxyl groups is 1. The zero-order chi connectivity index (χ0) is 11.6. The molecule has 94 valence electrons. The van der Waals surface area contributed by atoms with Crippen molar-refractivity contribution in [3.05, 3.63) is 12.7 Å². The molecular formula is C13H25NOS. The van der Waals surface area contributed by atoms with Crippen molar-refractivity contribution in [2.24, 2.45) is 5.92 Å². The standard InChI is InChI=1S/C13H25NOS/c1-2-8-16-9-7-14-11-13(15)10-12-5-3-4-6-12/h2,12-15H,1,3-11H2. The van der Waals surface area contributed by atoms with Crippen molar-refractivity contribution in [2.45, 2.75) is 38.2 Å². The summed E-state index contributed by atoms with van der Waals surface area (Å²) in [6, 6.07) is 0. The van der Waals surface area contributed by atoms with Gasteiger partial charge in [-0.3, -0.25) is 0 Å². The van der Waals surface area contributed by atoms with Gasteiger partial charge in [0.2, 0.25) is 0 Å². The number of thioether (sulfide) groups is 1. The van der Waals surface area contributed by atoms with Crippen LogP contribution in [-0.2, 0) is 0 Å². The second-order valence-corrected chi connectivity index (χ2v) is 5.76. The van der Waals surface area contributed by atoms with E-state index in [9.17, 15) is 5.11 Å². The lowest BCUT2D eigenvalue weighted by molar-refractivity contribution is 0.141. The molecule has 0 radical (unpaired) electrons. The molecule has 0 aromatic rings. The molecule has 1 fully saturated rings. The highest BCUT2D eigenvalue weighted by molar-refractivity contribution is 7.99. The van der Waals surface area contributed by atoms with E-state index in [1.807, 2.05) is 17.8 Å².